The average molecular weight is 357 g/mol. The maximum absolute atomic E-state index is 11.4. The molecule has 0 fully saturated rings. The van der Waals surface area contributed by atoms with E-state index in [-0.39, 0.29) is 11.6 Å². The van der Waals surface area contributed by atoms with Crippen molar-refractivity contribution in [1.82, 2.24) is 9.97 Å². The van der Waals surface area contributed by atoms with E-state index >= 15 is 0 Å². The van der Waals surface area contributed by atoms with Crippen LogP contribution in [0.15, 0.2) is 23.6 Å². The number of aromatic nitrogens is 2. The predicted octanol–water partition coefficient (Wildman–Crippen LogP) is 4.19. The van der Waals surface area contributed by atoms with Gasteiger partial charge in [-0.15, -0.1) is 11.3 Å². The van der Waals surface area contributed by atoms with Gasteiger partial charge in [-0.25, -0.2) is 14.8 Å². The number of ether oxygens (including phenoxy) is 1. The molecule has 3 rings (SSSR count). The summed E-state index contributed by atoms with van der Waals surface area (Å²) in [7, 11) is 1.46. The zero-order valence-corrected chi connectivity index (χ0v) is 15.3. The molecule has 0 unspecified atom stereocenters. The molecule has 25 heavy (non-hydrogen) atoms. The molecule has 7 heteroatoms. The van der Waals surface area contributed by atoms with E-state index in [9.17, 15) is 9.90 Å². The lowest BCUT2D eigenvalue weighted by Gasteiger charge is -2.17. The Morgan fingerprint density at radius 3 is 2.76 bits per heavy atom. The first-order chi connectivity index (χ1) is 11.9. The first kappa shape index (κ1) is 17.2. The van der Waals surface area contributed by atoms with Crippen LogP contribution >= 0.6 is 11.3 Å². The van der Waals surface area contributed by atoms with Crippen molar-refractivity contribution in [2.45, 2.75) is 26.8 Å². The number of hydrogen-bond donors (Lipinski definition) is 2. The highest BCUT2D eigenvalue weighted by atomic mass is 32.1. The summed E-state index contributed by atoms with van der Waals surface area (Å²) in [6.07, 6.45) is 0. The molecule has 2 aromatic heterocycles. The Labute approximate surface area is 149 Å². The lowest BCUT2D eigenvalue weighted by molar-refractivity contribution is 0.0693. The van der Waals surface area contributed by atoms with Crippen LogP contribution in [-0.4, -0.2) is 28.2 Å². The normalized spacial score (nSPS) is 12.2. The molecule has 0 spiro atoms. The highest BCUT2D eigenvalue weighted by molar-refractivity contribution is 7.17. The van der Waals surface area contributed by atoms with Crippen LogP contribution in [0.2, 0.25) is 0 Å². The van der Waals surface area contributed by atoms with Crippen LogP contribution in [-0.2, 0) is 0 Å². The van der Waals surface area contributed by atoms with Crippen LogP contribution in [0, 0.1) is 13.8 Å². The number of carboxylic acids is 1. The third-order valence-electron chi connectivity index (χ3n) is 4.04. The number of fused-ring (bicyclic) bond motifs is 1. The fourth-order valence-electron chi connectivity index (χ4n) is 2.75. The smallest absolute Gasteiger partial charge is 0.339 e. The highest BCUT2D eigenvalue weighted by Crippen LogP contribution is 2.32. The number of carboxylic acid groups (broad SMARTS) is 1. The third kappa shape index (κ3) is 3.28. The number of rotatable bonds is 5. The standard InChI is InChI=1S/C18H19N3O3S/c1-9-8-25-17-15(9)16(20-11(3)21-17)19-10(2)12-5-6-14(24-4)13(7-12)18(22)23/h5-8,10H,1-4H3,(H,22,23)(H,19,20,21)/t10-/m0/s1. The van der Waals surface area contributed by atoms with E-state index in [2.05, 4.69) is 20.7 Å². The van der Waals surface area contributed by atoms with Crippen molar-refractivity contribution in [2.75, 3.05) is 12.4 Å². The van der Waals surface area contributed by atoms with Crippen molar-refractivity contribution in [3.05, 3.63) is 46.1 Å². The van der Waals surface area contributed by atoms with Gasteiger partial charge in [0.1, 0.15) is 27.8 Å². The number of nitrogens with zero attached hydrogens (tertiary/aromatic N) is 2. The minimum atomic E-state index is -1.01. The number of carbonyl (C=O) groups is 1. The lowest BCUT2D eigenvalue weighted by Crippen LogP contribution is -2.11. The van der Waals surface area contributed by atoms with Gasteiger partial charge in [0, 0.05) is 6.04 Å². The number of methoxy groups -OCH3 is 1. The van der Waals surface area contributed by atoms with Gasteiger partial charge >= 0.3 is 5.97 Å². The zero-order valence-electron chi connectivity index (χ0n) is 14.5. The van der Waals surface area contributed by atoms with E-state index in [1.807, 2.05) is 26.8 Å². The number of aryl methyl sites for hydroxylation is 2. The second kappa shape index (κ2) is 6.68. The van der Waals surface area contributed by atoms with Crippen LogP contribution in [0.1, 0.15) is 40.3 Å². The van der Waals surface area contributed by atoms with Crippen LogP contribution in [0.4, 0.5) is 5.82 Å². The summed E-state index contributed by atoms with van der Waals surface area (Å²) in [6, 6.07) is 5.04. The molecule has 2 N–H and O–H groups in total. The second-order valence-corrected chi connectivity index (χ2v) is 6.71. The molecule has 1 atom stereocenters. The van der Waals surface area contributed by atoms with Gasteiger partial charge in [-0.1, -0.05) is 6.07 Å². The molecule has 0 aliphatic rings. The van der Waals surface area contributed by atoms with Crippen LogP contribution in [0.3, 0.4) is 0 Å². The molecule has 3 aromatic rings. The van der Waals surface area contributed by atoms with Gasteiger partial charge in [-0.2, -0.15) is 0 Å². The minimum absolute atomic E-state index is 0.124. The molecule has 0 aliphatic heterocycles. The molecule has 2 heterocycles. The molecule has 6 nitrogen and oxygen atoms in total. The van der Waals surface area contributed by atoms with Gasteiger partial charge < -0.3 is 15.2 Å². The Kier molecular flexibility index (Phi) is 4.59. The Bertz CT molecular complexity index is 952. The average Bonchev–Trinajstić information content (AvgIpc) is 2.95. The lowest BCUT2D eigenvalue weighted by atomic mass is 10.0. The first-order valence-electron chi connectivity index (χ1n) is 7.81. The van der Waals surface area contributed by atoms with E-state index in [0.29, 0.717) is 11.6 Å². The topological polar surface area (TPSA) is 84.3 Å². The minimum Gasteiger partial charge on any atom is -0.496 e. The van der Waals surface area contributed by atoms with E-state index in [0.717, 1.165) is 27.2 Å². The number of aromatic carboxylic acids is 1. The largest absolute Gasteiger partial charge is 0.496 e. The van der Waals surface area contributed by atoms with Gasteiger partial charge in [0.2, 0.25) is 0 Å². The van der Waals surface area contributed by atoms with Crippen molar-refractivity contribution >= 4 is 33.3 Å². The maximum atomic E-state index is 11.4. The van der Waals surface area contributed by atoms with E-state index in [1.165, 1.54) is 7.11 Å². The Balaban J connectivity index is 1.98. The van der Waals surface area contributed by atoms with Crippen LogP contribution in [0.5, 0.6) is 5.75 Å². The summed E-state index contributed by atoms with van der Waals surface area (Å²) in [5.74, 6) is 0.795. The SMILES string of the molecule is COc1ccc([C@H](C)Nc2nc(C)nc3scc(C)c23)cc1C(=O)O. The number of benzene rings is 1. The fourth-order valence-corrected chi connectivity index (χ4v) is 3.71. The molecule has 0 amide bonds. The van der Waals surface area contributed by atoms with Crippen molar-refractivity contribution in [2.24, 2.45) is 0 Å². The monoisotopic (exact) mass is 357 g/mol. The molecular weight excluding hydrogens is 338 g/mol. The summed E-state index contributed by atoms with van der Waals surface area (Å²) in [5, 5.41) is 15.8. The van der Waals surface area contributed by atoms with Gasteiger partial charge in [0.05, 0.1) is 12.5 Å². The van der Waals surface area contributed by atoms with Crippen molar-refractivity contribution in [3.8, 4) is 5.75 Å². The maximum Gasteiger partial charge on any atom is 0.339 e. The predicted molar refractivity (Wildman–Crippen MR) is 98.9 cm³/mol. The van der Waals surface area contributed by atoms with Gasteiger partial charge in [-0.05, 0) is 49.4 Å². The third-order valence-corrected chi connectivity index (χ3v) is 5.03. The van der Waals surface area contributed by atoms with Gasteiger partial charge in [0.15, 0.2) is 0 Å². The quantitative estimate of drug-likeness (QED) is 0.712. The summed E-state index contributed by atoms with van der Waals surface area (Å²) in [6.45, 7) is 5.86. The summed E-state index contributed by atoms with van der Waals surface area (Å²) >= 11 is 1.59. The van der Waals surface area contributed by atoms with Crippen molar-refractivity contribution < 1.29 is 14.6 Å². The van der Waals surface area contributed by atoms with Gasteiger partial charge in [-0.3, -0.25) is 0 Å². The molecule has 0 saturated heterocycles. The summed E-state index contributed by atoms with van der Waals surface area (Å²) in [4.78, 5) is 21.4. The second-order valence-electron chi connectivity index (χ2n) is 5.85. The molecule has 0 radical (unpaired) electrons. The van der Waals surface area contributed by atoms with Gasteiger partial charge in [0.25, 0.3) is 0 Å². The highest BCUT2D eigenvalue weighted by Gasteiger charge is 2.17. The van der Waals surface area contributed by atoms with Crippen molar-refractivity contribution in [1.29, 1.82) is 0 Å². The first-order valence-corrected chi connectivity index (χ1v) is 8.69. The number of hydrogen-bond acceptors (Lipinski definition) is 6. The molecule has 1 aromatic carbocycles. The van der Waals surface area contributed by atoms with Crippen LogP contribution in [0.25, 0.3) is 10.2 Å². The Morgan fingerprint density at radius 1 is 1.32 bits per heavy atom. The Hall–Kier alpha value is -2.67. The summed E-state index contributed by atoms with van der Waals surface area (Å²) < 4.78 is 5.12. The van der Waals surface area contributed by atoms with Crippen LogP contribution < -0.4 is 10.1 Å². The van der Waals surface area contributed by atoms with E-state index < -0.39 is 5.97 Å². The zero-order chi connectivity index (χ0) is 18.1. The molecular formula is C18H19N3O3S. The fraction of sp³-hybridized carbons (Fsp3) is 0.278. The molecule has 0 aliphatic carbocycles. The Morgan fingerprint density at radius 2 is 2.08 bits per heavy atom. The molecule has 130 valence electrons. The summed E-state index contributed by atoms with van der Waals surface area (Å²) in [5.41, 5.74) is 2.11. The number of nitrogens with one attached hydrogen (secondary N) is 1. The number of thiophene rings is 1. The molecule has 0 saturated carbocycles. The number of anilines is 1. The van der Waals surface area contributed by atoms with E-state index in [4.69, 9.17) is 4.74 Å². The van der Waals surface area contributed by atoms with E-state index in [1.54, 1.807) is 23.5 Å². The molecule has 0 bridgehead atoms. The van der Waals surface area contributed by atoms with Crippen molar-refractivity contribution in [3.63, 3.8) is 0 Å².